The summed E-state index contributed by atoms with van der Waals surface area (Å²) in [5.74, 6) is -0.585. The van der Waals surface area contributed by atoms with Crippen LogP contribution in [0.4, 0.5) is 4.39 Å². The second kappa shape index (κ2) is 9.76. The van der Waals surface area contributed by atoms with Crippen molar-refractivity contribution in [1.29, 1.82) is 0 Å². The molecule has 6 nitrogen and oxygen atoms in total. The summed E-state index contributed by atoms with van der Waals surface area (Å²) in [4.78, 5) is 12.6. The van der Waals surface area contributed by atoms with E-state index in [4.69, 9.17) is 16.3 Å². The van der Waals surface area contributed by atoms with Gasteiger partial charge in [-0.3, -0.25) is 4.79 Å². The van der Waals surface area contributed by atoms with Crippen molar-refractivity contribution in [3.8, 4) is 5.75 Å². The lowest BCUT2D eigenvalue weighted by molar-refractivity contribution is -0.126. The number of amides is 1. The molecule has 0 aliphatic carbocycles. The molecule has 1 aliphatic rings. The molecule has 162 valence electrons. The summed E-state index contributed by atoms with van der Waals surface area (Å²) in [6.07, 6.45) is 1.18. The molecule has 0 radical (unpaired) electrons. The summed E-state index contributed by atoms with van der Waals surface area (Å²) in [7, 11) is -3.78. The van der Waals surface area contributed by atoms with E-state index >= 15 is 0 Å². The number of halogens is 2. The summed E-state index contributed by atoms with van der Waals surface area (Å²) in [6.45, 7) is 2.94. The van der Waals surface area contributed by atoms with Gasteiger partial charge >= 0.3 is 0 Å². The average molecular weight is 455 g/mol. The molecule has 0 spiro atoms. The van der Waals surface area contributed by atoms with Gasteiger partial charge in [0.25, 0.3) is 0 Å². The maximum atomic E-state index is 13.0. The number of nitrogens with zero attached hydrogens (tertiary/aromatic N) is 1. The lowest BCUT2D eigenvalue weighted by Crippen LogP contribution is -2.45. The van der Waals surface area contributed by atoms with Crippen LogP contribution in [0.2, 0.25) is 5.02 Å². The zero-order valence-corrected chi connectivity index (χ0v) is 18.2. The van der Waals surface area contributed by atoms with Crippen LogP contribution in [0.3, 0.4) is 0 Å². The van der Waals surface area contributed by atoms with Crippen molar-refractivity contribution in [3.63, 3.8) is 0 Å². The lowest BCUT2D eigenvalue weighted by atomic mass is 9.99. The van der Waals surface area contributed by atoms with Crippen molar-refractivity contribution in [2.45, 2.75) is 31.2 Å². The molecule has 1 saturated heterocycles. The van der Waals surface area contributed by atoms with Crippen molar-refractivity contribution in [2.75, 3.05) is 19.7 Å². The quantitative estimate of drug-likeness (QED) is 0.693. The number of carbonyl (C=O) groups is 1. The van der Waals surface area contributed by atoms with E-state index in [1.807, 2.05) is 6.92 Å². The normalized spacial score (nSPS) is 17.5. The fourth-order valence-corrected chi connectivity index (χ4v) is 5.22. The van der Waals surface area contributed by atoms with E-state index < -0.39 is 15.9 Å². The molecule has 1 atom stereocenters. The predicted octanol–water partition coefficient (Wildman–Crippen LogP) is 3.59. The molecule has 1 N–H and O–H groups in total. The minimum atomic E-state index is -3.78. The number of rotatable bonds is 7. The molecule has 9 heteroatoms. The van der Waals surface area contributed by atoms with Crippen molar-refractivity contribution in [2.24, 2.45) is 5.92 Å². The van der Waals surface area contributed by atoms with Gasteiger partial charge in [0, 0.05) is 19.6 Å². The van der Waals surface area contributed by atoms with Gasteiger partial charge in [-0.1, -0.05) is 23.7 Å². The highest BCUT2D eigenvalue weighted by Gasteiger charge is 2.33. The summed E-state index contributed by atoms with van der Waals surface area (Å²) in [5.41, 5.74) is 0.772. The Bertz CT molecular complexity index is 999. The highest BCUT2D eigenvalue weighted by molar-refractivity contribution is 7.89. The highest BCUT2D eigenvalue weighted by atomic mass is 35.5. The van der Waals surface area contributed by atoms with E-state index in [2.05, 4.69) is 5.32 Å². The minimum absolute atomic E-state index is 0.0725. The minimum Gasteiger partial charge on any atom is -0.492 e. The molecule has 0 bridgehead atoms. The Morgan fingerprint density at radius 3 is 2.67 bits per heavy atom. The molecular formula is C21H24ClFN2O4S. The first-order valence-electron chi connectivity index (χ1n) is 9.76. The van der Waals surface area contributed by atoms with Gasteiger partial charge in [-0.15, -0.1) is 0 Å². The first-order valence-corrected chi connectivity index (χ1v) is 11.6. The van der Waals surface area contributed by atoms with Gasteiger partial charge in [-0.2, -0.15) is 4.31 Å². The summed E-state index contributed by atoms with van der Waals surface area (Å²) in [6, 6.07) is 10.2. The summed E-state index contributed by atoms with van der Waals surface area (Å²) >= 11 is 6.15. The Kier molecular flexibility index (Phi) is 7.33. The van der Waals surface area contributed by atoms with Gasteiger partial charge in [0.05, 0.1) is 22.4 Å². The molecule has 2 aromatic carbocycles. The van der Waals surface area contributed by atoms with Crippen molar-refractivity contribution < 1.29 is 22.3 Å². The zero-order chi connectivity index (χ0) is 21.7. The van der Waals surface area contributed by atoms with Gasteiger partial charge in [0.2, 0.25) is 15.9 Å². The highest BCUT2D eigenvalue weighted by Crippen LogP contribution is 2.30. The second-order valence-electron chi connectivity index (χ2n) is 7.07. The number of nitrogens with one attached hydrogen (secondary N) is 1. The summed E-state index contributed by atoms with van der Waals surface area (Å²) in [5, 5.41) is 3.04. The number of hydrogen-bond acceptors (Lipinski definition) is 4. The third kappa shape index (κ3) is 5.30. The first kappa shape index (κ1) is 22.5. The third-order valence-electron chi connectivity index (χ3n) is 4.98. The first-order chi connectivity index (χ1) is 14.3. The Balaban J connectivity index is 1.66. The molecule has 0 aromatic heterocycles. The molecule has 2 aromatic rings. The summed E-state index contributed by atoms with van der Waals surface area (Å²) < 4.78 is 45.8. The predicted molar refractivity (Wildman–Crippen MR) is 112 cm³/mol. The van der Waals surface area contributed by atoms with Gasteiger partial charge in [0.15, 0.2) is 0 Å². The Labute approximate surface area is 181 Å². The molecular weight excluding hydrogens is 431 g/mol. The van der Waals surface area contributed by atoms with E-state index in [9.17, 15) is 17.6 Å². The van der Waals surface area contributed by atoms with Gasteiger partial charge < -0.3 is 10.1 Å². The number of sulfonamides is 1. The molecule has 0 saturated carbocycles. The van der Waals surface area contributed by atoms with Crippen LogP contribution in [0.25, 0.3) is 0 Å². The van der Waals surface area contributed by atoms with Gasteiger partial charge in [-0.25, -0.2) is 12.8 Å². The van der Waals surface area contributed by atoms with E-state index in [0.29, 0.717) is 31.7 Å². The van der Waals surface area contributed by atoms with Crippen LogP contribution in [0, 0.1) is 11.7 Å². The van der Waals surface area contributed by atoms with Crippen molar-refractivity contribution >= 4 is 27.5 Å². The molecule has 1 aliphatic heterocycles. The van der Waals surface area contributed by atoms with Crippen LogP contribution in [0.5, 0.6) is 5.75 Å². The SMILES string of the molecule is CCOc1ccc(S(=O)(=O)N2CCC[C@H](C(=O)NCc3ccc(F)cc3)C2)cc1Cl. The standard InChI is InChI=1S/C21H24ClFN2O4S/c1-2-29-20-10-9-18(12-19(20)22)30(27,28)25-11-3-4-16(14-25)21(26)24-13-15-5-7-17(23)8-6-15/h5-10,12,16H,2-4,11,13-14H2,1H3,(H,24,26)/t16-/m0/s1. The van der Waals surface area contributed by atoms with Crippen LogP contribution >= 0.6 is 11.6 Å². The lowest BCUT2D eigenvalue weighted by Gasteiger charge is -2.31. The van der Waals surface area contributed by atoms with E-state index in [-0.39, 0.29) is 34.7 Å². The van der Waals surface area contributed by atoms with Crippen molar-refractivity contribution in [3.05, 3.63) is 58.9 Å². The number of benzene rings is 2. The monoisotopic (exact) mass is 454 g/mol. The Hall–Kier alpha value is -2.16. The van der Waals surface area contributed by atoms with Gasteiger partial charge in [0.1, 0.15) is 11.6 Å². The van der Waals surface area contributed by atoms with Crippen LogP contribution in [0.1, 0.15) is 25.3 Å². The number of piperidine rings is 1. The van der Waals surface area contributed by atoms with E-state index in [1.165, 1.54) is 34.6 Å². The molecule has 0 unspecified atom stereocenters. The van der Waals surface area contributed by atoms with Crippen molar-refractivity contribution in [1.82, 2.24) is 9.62 Å². The fraction of sp³-hybridized carbons (Fsp3) is 0.381. The topological polar surface area (TPSA) is 75.7 Å². The van der Waals surface area contributed by atoms with Gasteiger partial charge in [-0.05, 0) is 55.7 Å². The Morgan fingerprint density at radius 2 is 2.00 bits per heavy atom. The average Bonchev–Trinajstić information content (AvgIpc) is 2.74. The third-order valence-corrected chi connectivity index (χ3v) is 7.13. The Morgan fingerprint density at radius 1 is 1.27 bits per heavy atom. The largest absolute Gasteiger partial charge is 0.492 e. The molecule has 3 rings (SSSR count). The number of hydrogen-bond donors (Lipinski definition) is 1. The van der Waals surface area contributed by atoms with E-state index in [1.54, 1.807) is 12.1 Å². The fourth-order valence-electron chi connectivity index (χ4n) is 3.37. The zero-order valence-electron chi connectivity index (χ0n) is 16.6. The maximum absolute atomic E-state index is 13.0. The molecule has 30 heavy (non-hydrogen) atoms. The van der Waals surface area contributed by atoms with Crippen LogP contribution in [0.15, 0.2) is 47.4 Å². The van der Waals surface area contributed by atoms with Crippen LogP contribution in [-0.4, -0.2) is 38.3 Å². The smallest absolute Gasteiger partial charge is 0.243 e. The molecule has 1 fully saturated rings. The molecule has 1 heterocycles. The maximum Gasteiger partial charge on any atom is 0.243 e. The second-order valence-corrected chi connectivity index (χ2v) is 9.42. The number of carbonyl (C=O) groups excluding carboxylic acids is 1. The van der Waals surface area contributed by atoms with Crippen LogP contribution in [-0.2, 0) is 21.4 Å². The van der Waals surface area contributed by atoms with E-state index in [0.717, 1.165) is 5.56 Å². The molecule has 1 amide bonds. The van der Waals surface area contributed by atoms with Crippen LogP contribution < -0.4 is 10.1 Å². The number of ether oxygens (including phenoxy) is 1.